The van der Waals surface area contributed by atoms with Crippen molar-refractivity contribution in [3.63, 3.8) is 0 Å². The number of hydrogen-bond donors (Lipinski definition) is 2. The van der Waals surface area contributed by atoms with Gasteiger partial charge in [0.05, 0.1) is 10.6 Å². The second kappa shape index (κ2) is 4.91. The monoisotopic (exact) mass is 299 g/mol. The second-order valence-electron chi connectivity index (χ2n) is 5.79. The van der Waals surface area contributed by atoms with Gasteiger partial charge in [-0.1, -0.05) is 0 Å². The van der Waals surface area contributed by atoms with E-state index in [4.69, 9.17) is 5.73 Å². The molecule has 0 unspecified atom stereocenters. The lowest BCUT2D eigenvalue weighted by molar-refractivity contribution is 0.0801. The van der Waals surface area contributed by atoms with Gasteiger partial charge in [0.15, 0.2) is 0 Å². The first-order valence-corrected chi connectivity index (χ1v) is 7.88. The number of nitrogens with two attached hydrogens (primary N) is 1. The number of phenolic OH excluding ortho intramolecular Hbond substituents is 1. The number of likely N-dealkylation sites (N-methyl/N-ethyl adjacent to an activating group) is 1. The number of nitrogens with zero attached hydrogens (tertiary/aromatic N) is 2. The minimum absolute atomic E-state index is 0.0689. The Kier molecular flexibility index (Phi) is 3.70. The molecule has 0 aliphatic carbocycles. The molecular formula is C13H21N3O3S. The minimum Gasteiger partial charge on any atom is -0.506 e. The summed E-state index contributed by atoms with van der Waals surface area (Å²) >= 11 is 0. The first-order chi connectivity index (χ1) is 9.14. The fourth-order valence-corrected chi connectivity index (χ4v) is 3.86. The number of hydrogen-bond acceptors (Lipinski definition) is 5. The maximum atomic E-state index is 12.6. The fraction of sp³-hybridized carbons (Fsp3) is 0.538. The zero-order valence-electron chi connectivity index (χ0n) is 12.0. The summed E-state index contributed by atoms with van der Waals surface area (Å²) in [5.74, 6) is -0.109. The molecule has 0 aromatic heterocycles. The van der Waals surface area contributed by atoms with Crippen LogP contribution in [-0.4, -0.2) is 55.0 Å². The van der Waals surface area contributed by atoms with Crippen LogP contribution >= 0.6 is 0 Å². The molecule has 1 aromatic rings. The number of benzene rings is 1. The first-order valence-electron chi connectivity index (χ1n) is 6.44. The van der Waals surface area contributed by atoms with Crippen LogP contribution in [-0.2, 0) is 10.0 Å². The summed E-state index contributed by atoms with van der Waals surface area (Å²) in [6.07, 6.45) is 0. The average Bonchev–Trinajstić information content (AvgIpc) is 2.35. The molecule has 0 radical (unpaired) electrons. The highest BCUT2D eigenvalue weighted by Crippen LogP contribution is 2.28. The molecule has 1 aliphatic heterocycles. The maximum absolute atomic E-state index is 12.6. The zero-order valence-corrected chi connectivity index (χ0v) is 12.8. The summed E-state index contributed by atoms with van der Waals surface area (Å²) in [5, 5.41) is 9.40. The van der Waals surface area contributed by atoms with E-state index in [0.717, 1.165) is 0 Å². The number of sulfonamides is 1. The van der Waals surface area contributed by atoms with Gasteiger partial charge in [-0.2, -0.15) is 4.31 Å². The molecule has 0 amide bonds. The topological polar surface area (TPSA) is 86.9 Å². The zero-order chi connectivity index (χ0) is 15.1. The van der Waals surface area contributed by atoms with E-state index in [9.17, 15) is 13.5 Å². The second-order valence-corrected chi connectivity index (χ2v) is 7.73. The van der Waals surface area contributed by atoms with E-state index in [1.165, 1.54) is 22.5 Å². The molecular weight excluding hydrogens is 278 g/mol. The molecule has 20 heavy (non-hydrogen) atoms. The Labute approximate surface area is 119 Å². The van der Waals surface area contributed by atoms with Crippen molar-refractivity contribution in [1.82, 2.24) is 9.21 Å². The van der Waals surface area contributed by atoms with E-state index in [1.807, 2.05) is 20.9 Å². The summed E-state index contributed by atoms with van der Waals surface area (Å²) < 4.78 is 26.7. The molecule has 0 saturated carbocycles. The molecule has 0 atom stereocenters. The highest BCUT2D eigenvalue weighted by Gasteiger charge is 2.37. The molecule has 1 aromatic carbocycles. The van der Waals surface area contributed by atoms with Crippen LogP contribution in [0.4, 0.5) is 5.69 Å². The van der Waals surface area contributed by atoms with Gasteiger partial charge in [-0.15, -0.1) is 0 Å². The Bertz CT molecular complexity index is 613. The summed E-state index contributed by atoms with van der Waals surface area (Å²) in [7, 11) is -1.59. The lowest BCUT2D eigenvalue weighted by Gasteiger charge is -2.44. The number of rotatable bonds is 2. The predicted octanol–water partition coefficient (Wildman–Crippen LogP) is 0.689. The average molecular weight is 299 g/mol. The van der Waals surface area contributed by atoms with E-state index >= 15 is 0 Å². The summed E-state index contributed by atoms with van der Waals surface area (Å²) in [5.41, 5.74) is 5.44. The first kappa shape index (κ1) is 15.1. The molecule has 112 valence electrons. The quantitative estimate of drug-likeness (QED) is 0.620. The van der Waals surface area contributed by atoms with Crippen LogP contribution in [0.25, 0.3) is 0 Å². The van der Waals surface area contributed by atoms with Gasteiger partial charge in [0.2, 0.25) is 10.0 Å². The molecule has 2 rings (SSSR count). The van der Waals surface area contributed by atoms with Crippen molar-refractivity contribution < 1.29 is 13.5 Å². The Morgan fingerprint density at radius 1 is 1.30 bits per heavy atom. The predicted molar refractivity (Wildman–Crippen MR) is 78.0 cm³/mol. The van der Waals surface area contributed by atoms with Crippen LogP contribution in [0, 0.1) is 0 Å². The Morgan fingerprint density at radius 3 is 2.50 bits per heavy atom. The van der Waals surface area contributed by atoms with Gasteiger partial charge in [-0.05, 0) is 39.1 Å². The third-order valence-corrected chi connectivity index (χ3v) is 5.76. The van der Waals surface area contributed by atoms with Gasteiger partial charge in [0.1, 0.15) is 5.75 Å². The Balaban J connectivity index is 2.33. The van der Waals surface area contributed by atoms with Crippen LogP contribution in [0.15, 0.2) is 23.1 Å². The molecule has 0 bridgehead atoms. The van der Waals surface area contributed by atoms with E-state index in [2.05, 4.69) is 4.90 Å². The van der Waals surface area contributed by atoms with E-state index < -0.39 is 10.0 Å². The molecule has 1 aliphatic rings. The van der Waals surface area contributed by atoms with Gasteiger partial charge in [-0.25, -0.2) is 8.42 Å². The van der Waals surface area contributed by atoms with Crippen LogP contribution in [0.3, 0.4) is 0 Å². The Morgan fingerprint density at radius 2 is 1.95 bits per heavy atom. The van der Waals surface area contributed by atoms with Crippen molar-refractivity contribution >= 4 is 15.7 Å². The molecule has 1 heterocycles. The third-order valence-electron chi connectivity index (χ3n) is 3.92. The largest absolute Gasteiger partial charge is 0.506 e. The number of phenols is 1. The fourth-order valence-electron chi connectivity index (χ4n) is 2.24. The van der Waals surface area contributed by atoms with Gasteiger partial charge < -0.3 is 10.8 Å². The minimum atomic E-state index is -3.58. The number of nitrogen functional groups attached to an aromatic ring is 1. The summed E-state index contributed by atoms with van der Waals surface area (Å²) in [6, 6.07) is 3.99. The maximum Gasteiger partial charge on any atom is 0.243 e. The highest BCUT2D eigenvalue weighted by molar-refractivity contribution is 7.89. The van der Waals surface area contributed by atoms with Crippen LogP contribution in [0.5, 0.6) is 5.75 Å². The van der Waals surface area contributed by atoms with Crippen LogP contribution < -0.4 is 5.73 Å². The normalized spacial score (nSPS) is 20.9. The molecule has 1 saturated heterocycles. The summed E-state index contributed by atoms with van der Waals surface area (Å²) in [6.45, 7) is 5.58. The lowest BCUT2D eigenvalue weighted by Crippen LogP contribution is -2.58. The smallest absolute Gasteiger partial charge is 0.243 e. The van der Waals surface area contributed by atoms with Crippen molar-refractivity contribution in [2.75, 3.05) is 32.4 Å². The molecule has 3 N–H and O–H groups in total. The number of anilines is 1. The third kappa shape index (κ3) is 2.61. The van der Waals surface area contributed by atoms with Crippen molar-refractivity contribution in [1.29, 1.82) is 0 Å². The van der Waals surface area contributed by atoms with E-state index in [0.29, 0.717) is 19.6 Å². The molecule has 1 fully saturated rings. The van der Waals surface area contributed by atoms with Gasteiger partial charge >= 0.3 is 0 Å². The van der Waals surface area contributed by atoms with E-state index in [1.54, 1.807) is 0 Å². The SMILES string of the molecule is CN1CCN(S(=O)(=O)c2ccc(O)c(N)c2)CC1(C)C. The van der Waals surface area contributed by atoms with Crippen molar-refractivity contribution in [3.05, 3.63) is 18.2 Å². The Hall–Kier alpha value is -1.31. The molecule has 7 heteroatoms. The molecule has 0 spiro atoms. The van der Waals surface area contributed by atoms with Crippen molar-refractivity contribution in [2.45, 2.75) is 24.3 Å². The molecule has 6 nitrogen and oxygen atoms in total. The lowest BCUT2D eigenvalue weighted by atomic mass is 10.0. The van der Waals surface area contributed by atoms with Crippen molar-refractivity contribution in [3.8, 4) is 5.75 Å². The number of aromatic hydroxyl groups is 1. The van der Waals surface area contributed by atoms with Crippen molar-refractivity contribution in [2.24, 2.45) is 0 Å². The van der Waals surface area contributed by atoms with Gasteiger partial charge in [0, 0.05) is 25.2 Å². The number of piperazine rings is 1. The van der Waals surface area contributed by atoms with Gasteiger partial charge in [0.25, 0.3) is 0 Å². The standard InChI is InChI=1S/C13H21N3O3S/c1-13(2)9-16(7-6-15(13)3)20(18,19)10-4-5-12(17)11(14)8-10/h4-5,8,17H,6-7,9,14H2,1-3H3. The highest BCUT2D eigenvalue weighted by atomic mass is 32.2. The van der Waals surface area contributed by atoms with Gasteiger partial charge in [-0.3, -0.25) is 4.90 Å². The summed E-state index contributed by atoms with van der Waals surface area (Å²) in [4.78, 5) is 2.26. The van der Waals surface area contributed by atoms with Crippen LogP contribution in [0.1, 0.15) is 13.8 Å². The van der Waals surface area contributed by atoms with E-state index in [-0.39, 0.29) is 21.9 Å². The van der Waals surface area contributed by atoms with Crippen LogP contribution in [0.2, 0.25) is 0 Å².